The number of hydrogen-bond acceptors (Lipinski definition) is 4. The van der Waals surface area contributed by atoms with E-state index < -0.39 is 6.04 Å². The van der Waals surface area contributed by atoms with Gasteiger partial charge in [0.2, 0.25) is 0 Å². The second-order valence-corrected chi connectivity index (χ2v) is 6.44. The molecule has 1 aliphatic heterocycles. The first kappa shape index (κ1) is 17.3. The molecule has 22 heavy (non-hydrogen) atoms. The predicted molar refractivity (Wildman–Crippen MR) is 91.9 cm³/mol. The lowest BCUT2D eigenvalue weighted by atomic mass is 10.0. The van der Waals surface area contributed by atoms with Crippen LogP contribution in [0.3, 0.4) is 0 Å². The van der Waals surface area contributed by atoms with Crippen molar-refractivity contribution in [3.05, 3.63) is 56.7 Å². The molecule has 0 aliphatic carbocycles. The van der Waals surface area contributed by atoms with Crippen molar-refractivity contribution in [1.82, 2.24) is 4.90 Å². The molecule has 0 saturated carbocycles. The van der Waals surface area contributed by atoms with E-state index in [4.69, 9.17) is 16.3 Å². The van der Waals surface area contributed by atoms with Crippen LogP contribution in [0, 0.1) is 0 Å². The Hall–Kier alpha value is -1.07. The summed E-state index contributed by atoms with van der Waals surface area (Å²) in [4.78, 5) is 15.8. The highest BCUT2D eigenvalue weighted by molar-refractivity contribution is 7.10. The Morgan fingerprint density at radius 2 is 2.14 bits per heavy atom. The standard InChI is InChI=1S/C16H16ClNO2S.ClH/c1-20-16(19)15(12-4-2-3-5-13(12)17)18-8-6-14-11(10-18)7-9-21-14;/h2-5,7,9,15H,6,8,10H2,1H3;1H/t15-;/m1./s1. The third-order valence-electron chi connectivity index (χ3n) is 3.83. The van der Waals surface area contributed by atoms with E-state index in [0.29, 0.717) is 5.02 Å². The molecule has 3 nitrogen and oxygen atoms in total. The van der Waals surface area contributed by atoms with E-state index in [1.807, 2.05) is 24.3 Å². The number of carbonyl (C=O) groups is 1. The van der Waals surface area contributed by atoms with E-state index >= 15 is 0 Å². The summed E-state index contributed by atoms with van der Waals surface area (Å²) in [6, 6.07) is 9.16. The lowest BCUT2D eigenvalue weighted by Gasteiger charge is -2.33. The molecule has 0 amide bonds. The lowest BCUT2D eigenvalue weighted by Crippen LogP contribution is -2.38. The highest BCUT2D eigenvalue weighted by Crippen LogP contribution is 2.33. The van der Waals surface area contributed by atoms with Gasteiger partial charge in [-0.15, -0.1) is 23.7 Å². The summed E-state index contributed by atoms with van der Waals surface area (Å²) in [5.41, 5.74) is 2.11. The molecule has 0 bridgehead atoms. The molecule has 1 aromatic carbocycles. The van der Waals surface area contributed by atoms with Crippen molar-refractivity contribution >= 4 is 41.3 Å². The van der Waals surface area contributed by atoms with Crippen molar-refractivity contribution in [3.63, 3.8) is 0 Å². The second-order valence-electron chi connectivity index (χ2n) is 5.04. The van der Waals surface area contributed by atoms with E-state index in [0.717, 1.165) is 25.1 Å². The Morgan fingerprint density at radius 3 is 2.86 bits per heavy atom. The molecule has 0 fully saturated rings. The molecule has 6 heteroatoms. The Labute approximate surface area is 145 Å². The van der Waals surface area contributed by atoms with Crippen LogP contribution in [0.5, 0.6) is 0 Å². The normalized spacial score (nSPS) is 15.5. The molecule has 2 heterocycles. The Balaban J connectivity index is 0.00000176. The summed E-state index contributed by atoms with van der Waals surface area (Å²) in [5.74, 6) is -0.262. The molecular formula is C16H17Cl2NO2S. The fraction of sp³-hybridized carbons (Fsp3) is 0.312. The zero-order chi connectivity index (χ0) is 14.8. The molecule has 0 unspecified atom stereocenters. The Bertz CT molecular complexity index is 659. The number of benzene rings is 1. The minimum atomic E-state index is -0.447. The maximum Gasteiger partial charge on any atom is 0.327 e. The van der Waals surface area contributed by atoms with Gasteiger partial charge in [-0.25, -0.2) is 4.79 Å². The first-order chi connectivity index (χ1) is 10.2. The number of rotatable bonds is 3. The summed E-state index contributed by atoms with van der Waals surface area (Å²) in [7, 11) is 1.42. The third kappa shape index (κ3) is 3.30. The Kier molecular flexibility index (Phi) is 5.87. The van der Waals surface area contributed by atoms with Crippen LogP contribution in [0.2, 0.25) is 5.02 Å². The van der Waals surface area contributed by atoms with Crippen molar-refractivity contribution in [3.8, 4) is 0 Å². The van der Waals surface area contributed by atoms with Gasteiger partial charge in [-0.3, -0.25) is 4.90 Å². The van der Waals surface area contributed by atoms with Crippen molar-refractivity contribution < 1.29 is 9.53 Å². The minimum Gasteiger partial charge on any atom is -0.468 e. The number of methoxy groups -OCH3 is 1. The number of hydrogen-bond donors (Lipinski definition) is 0. The van der Waals surface area contributed by atoms with Gasteiger partial charge in [0.1, 0.15) is 6.04 Å². The van der Waals surface area contributed by atoms with Crippen molar-refractivity contribution in [2.24, 2.45) is 0 Å². The summed E-state index contributed by atoms with van der Waals surface area (Å²) in [6.07, 6.45) is 0.963. The average Bonchev–Trinajstić information content (AvgIpc) is 2.97. The molecule has 1 aromatic heterocycles. The monoisotopic (exact) mass is 357 g/mol. The average molecular weight is 358 g/mol. The number of esters is 1. The number of fused-ring (bicyclic) bond motifs is 1. The van der Waals surface area contributed by atoms with Crippen molar-refractivity contribution in [2.75, 3.05) is 13.7 Å². The molecule has 1 aliphatic rings. The summed E-state index contributed by atoms with van der Waals surface area (Å²) in [5, 5.41) is 2.71. The van der Waals surface area contributed by atoms with Crippen LogP contribution in [0.25, 0.3) is 0 Å². The van der Waals surface area contributed by atoms with Gasteiger partial charge in [0, 0.05) is 23.0 Å². The van der Waals surface area contributed by atoms with Crippen LogP contribution in [0.4, 0.5) is 0 Å². The SMILES string of the molecule is COC(=O)[C@@H](c1ccccc1Cl)N1CCc2sccc2C1.Cl. The van der Waals surface area contributed by atoms with E-state index in [1.165, 1.54) is 17.6 Å². The zero-order valence-corrected chi connectivity index (χ0v) is 14.5. The topological polar surface area (TPSA) is 29.5 Å². The van der Waals surface area contributed by atoms with Crippen LogP contribution in [0.1, 0.15) is 22.0 Å². The fourth-order valence-corrected chi connectivity index (χ4v) is 3.90. The van der Waals surface area contributed by atoms with E-state index in [1.54, 1.807) is 11.3 Å². The summed E-state index contributed by atoms with van der Waals surface area (Å²) in [6.45, 7) is 1.59. The predicted octanol–water partition coefficient (Wildman–Crippen LogP) is 4.10. The summed E-state index contributed by atoms with van der Waals surface area (Å²) < 4.78 is 5.01. The molecule has 0 saturated heterocycles. The van der Waals surface area contributed by atoms with Crippen LogP contribution in [0.15, 0.2) is 35.7 Å². The number of halogens is 2. The molecular weight excluding hydrogens is 341 g/mol. The lowest BCUT2D eigenvalue weighted by molar-refractivity contribution is -0.147. The number of nitrogens with zero attached hydrogens (tertiary/aromatic N) is 1. The molecule has 3 rings (SSSR count). The van der Waals surface area contributed by atoms with Gasteiger partial charge in [0.25, 0.3) is 0 Å². The van der Waals surface area contributed by atoms with Gasteiger partial charge in [0.15, 0.2) is 0 Å². The zero-order valence-electron chi connectivity index (χ0n) is 12.1. The summed E-state index contributed by atoms with van der Waals surface area (Å²) >= 11 is 8.07. The first-order valence-electron chi connectivity index (χ1n) is 6.82. The molecule has 118 valence electrons. The molecule has 2 aromatic rings. The third-order valence-corrected chi connectivity index (χ3v) is 5.19. The molecule has 1 atom stereocenters. The molecule has 0 radical (unpaired) electrons. The fourth-order valence-electron chi connectivity index (χ4n) is 2.77. The molecule has 0 spiro atoms. The van der Waals surface area contributed by atoms with Gasteiger partial charge in [-0.05, 0) is 35.1 Å². The maximum atomic E-state index is 12.3. The highest BCUT2D eigenvalue weighted by Gasteiger charge is 2.32. The largest absolute Gasteiger partial charge is 0.468 e. The van der Waals surface area contributed by atoms with Gasteiger partial charge in [-0.2, -0.15) is 0 Å². The van der Waals surface area contributed by atoms with Gasteiger partial charge in [0.05, 0.1) is 7.11 Å². The van der Waals surface area contributed by atoms with E-state index in [9.17, 15) is 4.79 Å². The highest BCUT2D eigenvalue weighted by atomic mass is 35.5. The van der Waals surface area contributed by atoms with Gasteiger partial charge < -0.3 is 4.74 Å². The van der Waals surface area contributed by atoms with Crippen LogP contribution < -0.4 is 0 Å². The quantitative estimate of drug-likeness (QED) is 0.774. The number of thiophene rings is 1. The maximum absolute atomic E-state index is 12.3. The van der Waals surface area contributed by atoms with Crippen molar-refractivity contribution in [2.45, 2.75) is 19.0 Å². The van der Waals surface area contributed by atoms with Gasteiger partial charge in [-0.1, -0.05) is 29.8 Å². The van der Waals surface area contributed by atoms with Crippen molar-refractivity contribution in [1.29, 1.82) is 0 Å². The van der Waals surface area contributed by atoms with Crippen LogP contribution >= 0.6 is 35.3 Å². The van der Waals surface area contributed by atoms with Gasteiger partial charge >= 0.3 is 5.97 Å². The van der Waals surface area contributed by atoms with E-state index in [-0.39, 0.29) is 18.4 Å². The first-order valence-corrected chi connectivity index (χ1v) is 8.08. The van der Waals surface area contributed by atoms with Crippen LogP contribution in [-0.4, -0.2) is 24.5 Å². The second kappa shape index (κ2) is 7.47. The van der Waals surface area contributed by atoms with E-state index in [2.05, 4.69) is 16.3 Å². The minimum absolute atomic E-state index is 0. The Morgan fingerprint density at radius 1 is 1.36 bits per heavy atom. The number of ether oxygens (including phenoxy) is 1. The number of carbonyl (C=O) groups excluding carboxylic acids is 1. The smallest absolute Gasteiger partial charge is 0.327 e. The van der Waals surface area contributed by atoms with Crippen LogP contribution in [-0.2, 0) is 22.5 Å². The molecule has 0 N–H and O–H groups in total.